The number of nitrogens with one attached hydrogen (secondary N) is 1. The number of piperidine rings is 1. The van der Waals surface area contributed by atoms with Gasteiger partial charge in [0.05, 0.1) is 0 Å². The fourth-order valence-electron chi connectivity index (χ4n) is 3.67. The lowest BCUT2D eigenvalue weighted by Gasteiger charge is -2.39. The van der Waals surface area contributed by atoms with E-state index in [1.165, 1.54) is 37.2 Å². The zero-order valence-electron chi connectivity index (χ0n) is 12.8. The first-order valence-electron chi connectivity index (χ1n) is 7.86. The maximum Gasteiger partial charge on any atom is 0.0379 e. The van der Waals surface area contributed by atoms with Crippen LogP contribution in [0.4, 0.5) is 5.69 Å². The number of hydrogen-bond acceptors (Lipinski definition) is 2. The summed E-state index contributed by atoms with van der Waals surface area (Å²) in [7, 11) is 0. The first kappa shape index (κ1) is 13.7. The van der Waals surface area contributed by atoms with Gasteiger partial charge in [-0.05, 0) is 49.0 Å². The van der Waals surface area contributed by atoms with Crippen LogP contribution in [0.2, 0.25) is 0 Å². The van der Waals surface area contributed by atoms with Crippen LogP contribution in [0.1, 0.15) is 43.7 Å². The summed E-state index contributed by atoms with van der Waals surface area (Å²) in [5.74, 6) is 0.610. The topological polar surface area (TPSA) is 15.3 Å². The summed E-state index contributed by atoms with van der Waals surface area (Å²) in [5, 5.41) is 3.63. The third-order valence-electron chi connectivity index (χ3n) is 5.10. The molecule has 3 rings (SSSR count). The van der Waals surface area contributed by atoms with Crippen molar-refractivity contribution in [3.63, 3.8) is 0 Å². The number of anilines is 1. The molecule has 2 aliphatic rings. The molecule has 108 valence electrons. The SMILES string of the molecule is C=CCN1CCC2(CC1)CNc1ccc(C(C)C)cc12. The summed E-state index contributed by atoms with van der Waals surface area (Å²) in [5.41, 5.74) is 4.78. The van der Waals surface area contributed by atoms with Gasteiger partial charge in [0.1, 0.15) is 0 Å². The summed E-state index contributed by atoms with van der Waals surface area (Å²) >= 11 is 0. The van der Waals surface area contributed by atoms with Gasteiger partial charge in [-0.3, -0.25) is 4.90 Å². The van der Waals surface area contributed by atoms with Gasteiger partial charge in [-0.2, -0.15) is 0 Å². The van der Waals surface area contributed by atoms with E-state index < -0.39 is 0 Å². The van der Waals surface area contributed by atoms with E-state index in [2.05, 4.69) is 48.8 Å². The van der Waals surface area contributed by atoms with Gasteiger partial charge in [0.15, 0.2) is 0 Å². The Morgan fingerprint density at radius 1 is 1.35 bits per heavy atom. The lowest BCUT2D eigenvalue weighted by molar-refractivity contribution is 0.183. The Morgan fingerprint density at radius 3 is 2.75 bits per heavy atom. The van der Waals surface area contributed by atoms with Gasteiger partial charge in [0, 0.05) is 24.2 Å². The molecule has 0 amide bonds. The van der Waals surface area contributed by atoms with Crippen molar-refractivity contribution < 1.29 is 0 Å². The molecule has 0 saturated carbocycles. The molecular weight excluding hydrogens is 244 g/mol. The molecule has 20 heavy (non-hydrogen) atoms. The molecule has 0 unspecified atom stereocenters. The average Bonchev–Trinajstić information content (AvgIpc) is 2.80. The quantitative estimate of drug-likeness (QED) is 0.841. The smallest absolute Gasteiger partial charge is 0.0379 e. The van der Waals surface area contributed by atoms with Crippen LogP contribution in [0, 0.1) is 0 Å². The zero-order chi connectivity index (χ0) is 14.2. The Hall–Kier alpha value is -1.28. The Kier molecular flexibility index (Phi) is 3.59. The zero-order valence-corrected chi connectivity index (χ0v) is 12.8. The molecular formula is C18H26N2. The Bertz CT molecular complexity index is 496. The number of likely N-dealkylation sites (tertiary alicyclic amines) is 1. The van der Waals surface area contributed by atoms with E-state index in [1.807, 2.05) is 6.08 Å². The van der Waals surface area contributed by atoms with Gasteiger partial charge < -0.3 is 5.32 Å². The largest absolute Gasteiger partial charge is 0.384 e. The number of benzene rings is 1. The normalized spacial score (nSPS) is 20.9. The fraction of sp³-hybridized carbons (Fsp3) is 0.556. The predicted octanol–water partition coefficient (Wildman–Crippen LogP) is 3.76. The molecule has 2 aliphatic heterocycles. The molecule has 0 radical (unpaired) electrons. The third kappa shape index (κ3) is 2.26. The van der Waals surface area contributed by atoms with Crippen molar-refractivity contribution in [3.8, 4) is 0 Å². The van der Waals surface area contributed by atoms with Crippen LogP contribution >= 0.6 is 0 Å². The van der Waals surface area contributed by atoms with Crippen LogP contribution < -0.4 is 5.32 Å². The van der Waals surface area contributed by atoms with E-state index >= 15 is 0 Å². The van der Waals surface area contributed by atoms with E-state index in [9.17, 15) is 0 Å². The van der Waals surface area contributed by atoms with Crippen molar-refractivity contribution in [2.75, 3.05) is 31.5 Å². The minimum atomic E-state index is 0.373. The van der Waals surface area contributed by atoms with Gasteiger partial charge >= 0.3 is 0 Å². The van der Waals surface area contributed by atoms with Gasteiger partial charge in [0.2, 0.25) is 0 Å². The van der Waals surface area contributed by atoms with Crippen LogP contribution in [-0.4, -0.2) is 31.1 Å². The second-order valence-corrected chi connectivity index (χ2v) is 6.68. The molecule has 2 heteroatoms. The number of hydrogen-bond donors (Lipinski definition) is 1. The van der Waals surface area contributed by atoms with E-state index in [4.69, 9.17) is 0 Å². The molecule has 1 aromatic rings. The van der Waals surface area contributed by atoms with Crippen LogP contribution in [0.3, 0.4) is 0 Å². The minimum absolute atomic E-state index is 0.373. The number of nitrogens with zero attached hydrogens (tertiary/aromatic N) is 1. The third-order valence-corrected chi connectivity index (χ3v) is 5.10. The predicted molar refractivity (Wildman–Crippen MR) is 86.6 cm³/mol. The lowest BCUT2D eigenvalue weighted by atomic mass is 9.73. The van der Waals surface area contributed by atoms with Gasteiger partial charge in [-0.25, -0.2) is 0 Å². The van der Waals surface area contributed by atoms with Crippen molar-refractivity contribution in [1.82, 2.24) is 4.90 Å². The molecule has 2 nitrogen and oxygen atoms in total. The number of fused-ring (bicyclic) bond motifs is 2. The first-order valence-corrected chi connectivity index (χ1v) is 7.86. The second kappa shape index (κ2) is 5.25. The maximum atomic E-state index is 3.86. The summed E-state index contributed by atoms with van der Waals surface area (Å²) < 4.78 is 0. The van der Waals surface area contributed by atoms with Crippen LogP contribution in [-0.2, 0) is 5.41 Å². The molecule has 1 aromatic carbocycles. The van der Waals surface area contributed by atoms with Crippen molar-refractivity contribution in [2.24, 2.45) is 0 Å². The van der Waals surface area contributed by atoms with Crippen molar-refractivity contribution in [1.29, 1.82) is 0 Å². The summed E-state index contributed by atoms with van der Waals surface area (Å²) in [6.45, 7) is 13.0. The molecule has 2 heterocycles. The molecule has 1 fully saturated rings. The summed E-state index contributed by atoms with van der Waals surface area (Å²) in [6, 6.07) is 7.03. The van der Waals surface area contributed by atoms with E-state index in [0.29, 0.717) is 11.3 Å². The summed E-state index contributed by atoms with van der Waals surface area (Å²) in [4.78, 5) is 2.52. The average molecular weight is 270 g/mol. The van der Waals surface area contributed by atoms with E-state index in [1.54, 1.807) is 5.56 Å². The van der Waals surface area contributed by atoms with Crippen LogP contribution in [0.5, 0.6) is 0 Å². The molecule has 0 aliphatic carbocycles. The maximum absolute atomic E-state index is 3.86. The Balaban J connectivity index is 1.85. The highest BCUT2D eigenvalue weighted by Crippen LogP contribution is 2.44. The highest BCUT2D eigenvalue weighted by atomic mass is 15.1. The Labute approximate surface area is 122 Å². The van der Waals surface area contributed by atoms with Crippen molar-refractivity contribution >= 4 is 5.69 Å². The second-order valence-electron chi connectivity index (χ2n) is 6.68. The lowest BCUT2D eigenvalue weighted by Crippen LogP contribution is -2.43. The van der Waals surface area contributed by atoms with Crippen molar-refractivity contribution in [2.45, 2.75) is 38.0 Å². The molecule has 1 N–H and O–H groups in total. The first-order chi connectivity index (χ1) is 9.64. The highest BCUT2D eigenvalue weighted by Gasteiger charge is 2.41. The molecule has 1 spiro atoms. The molecule has 1 saturated heterocycles. The van der Waals surface area contributed by atoms with Gasteiger partial charge in [-0.15, -0.1) is 6.58 Å². The summed E-state index contributed by atoms with van der Waals surface area (Å²) in [6.07, 6.45) is 4.56. The van der Waals surface area contributed by atoms with Crippen LogP contribution in [0.15, 0.2) is 30.9 Å². The standard InChI is InChI=1S/C18H26N2/c1-4-9-20-10-7-18(8-11-20)13-19-17-6-5-15(14(2)3)12-16(17)18/h4-6,12,14,19H,1,7-11,13H2,2-3H3. The van der Waals surface area contributed by atoms with Gasteiger partial charge in [-0.1, -0.05) is 32.1 Å². The van der Waals surface area contributed by atoms with Gasteiger partial charge in [0.25, 0.3) is 0 Å². The van der Waals surface area contributed by atoms with E-state index in [-0.39, 0.29) is 0 Å². The number of rotatable bonds is 3. The van der Waals surface area contributed by atoms with Crippen LogP contribution in [0.25, 0.3) is 0 Å². The minimum Gasteiger partial charge on any atom is -0.384 e. The molecule has 0 aromatic heterocycles. The fourth-order valence-corrected chi connectivity index (χ4v) is 3.67. The molecule has 0 bridgehead atoms. The molecule has 0 atom stereocenters. The highest BCUT2D eigenvalue weighted by molar-refractivity contribution is 5.62. The monoisotopic (exact) mass is 270 g/mol. The Morgan fingerprint density at radius 2 is 2.10 bits per heavy atom. The van der Waals surface area contributed by atoms with E-state index in [0.717, 1.165) is 13.1 Å². The van der Waals surface area contributed by atoms with Crippen molar-refractivity contribution in [3.05, 3.63) is 42.0 Å².